The first-order valence-corrected chi connectivity index (χ1v) is 4.77. The number of aliphatic hydroxyl groups is 1. The van der Waals surface area contributed by atoms with Crippen molar-refractivity contribution in [3.63, 3.8) is 0 Å². The standard InChI is InChI=1S/C9H20N2O2/c1-10-9(8-12)3-4-11(7-9)5-6-13-2/h10,12H,3-8H2,1-2H3. The molecule has 1 heterocycles. The number of ether oxygens (including phenoxy) is 1. The molecule has 0 bridgehead atoms. The first-order chi connectivity index (χ1) is 6.26. The maximum Gasteiger partial charge on any atom is 0.0626 e. The molecule has 0 radical (unpaired) electrons. The van der Waals surface area contributed by atoms with Gasteiger partial charge in [0.1, 0.15) is 0 Å². The van der Waals surface area contributed by atoms with Gasteiger partial charge in [-0.3, -0.25) is 4.90 Å². The van der Waals surface area contributed by atoms with Gasteiger partial charge >= 0.3 is 0 Å². The Morgan fingerprint density at radius 1 is 1.62 bits per heavy atom. The summed E-state index contributed by atoms with van der Waals surface area (Å²) < 4.78 is 5.01. The van der Waals surface area contributed by atoms with E-state index in [1.54, 1.807) is 7.11 Å². The smallest absolute Gasteiger partial charge is 0.0626 e. The van der Waals surface area contributed by atoms with Crippen LogP contribution in [0.5, 0.6) is 0 Å². The fourth-order valence-corrected chi connectivity index (χ4v) is 1.78. The van der Waals surface area contributed by atoms with Crippen LogP contribution in [0.4, 0.5) is 0 Å². The molecule has 0 amide bonds. The second-order valence-electron chi connectivity index (χ2n) is 3.71. The van der Waals surface area contributed by atoms with Crippen molar-refractivity contribution >= 4 is 0 Å². The van der Waals surface area contributed by atoms with Gasteiger partial charge in [-0.05, 0) is 13.5 Å². The van der Waals surface area contributed by atoms with Crippen LogP contribution in [0.1, 0.15) is 6.42 Å². The van der Waals surface area contributed by atoms with Gasteiger partial charge in [0.2, 0.25) is 0 Å². The van der Waals surface area contributed by atoms with E-state index >= 15 is 0 Å². The third-order valence-electron chi connectivity index (χ3n) is 2.88. The summed E-state index contributed by atoms with van der Waals surface area (Å²) in [5.74, 6) is 0. The Morgan fingerprint density at radius 2 is 2.38 bits per heavy atom. The van der Waals surface area contributed by atoms with E-state index in [-0.39, 0.29) is 12.1 Å². The second-order valence-corrected chi connectivity index (χ2v) is 3.71. The zero-order valence-electron chi connectivity index (χ0n) is 8.55. The number of rotatable bonds is 5. The van der Waals surface area contributed by atoms with Crippen LogP contribution in [0.2, 0.25) is 0 Å². The zero-order valence-corrected chi connectivity index (χ0v) is 8.55. The van der Waals surface area contributed by atoms with Gasteiger partial charge < -0.3 is 15.2 Å². The molecule has 0 aromatic heterocycles. The lowest BCUT2D eigenvalue weighted by Crippen LogP contribution is -2.48. The Balaban J connectivity index is 2.33. The third-order valence-corrected chi connectivity index (χ3v) is 2.88. The molecule has 1 saturated heterocycles. The minimum atomic E-state index is -0.0757. The molecule has 1 aliphatic heterocycles. The average Bonchev–Trinajstić information content (AvgIpc) is 2.59. The molecule has 0 saturated carbocycles. The highest BCUT2D eigenvalue weighted by atomic mass is 16.5. The number of hydrogen-bond donors (Lipinski definition) is 2. The van der Waals surface area contributed by atoms with Crippen molar-refractivity contribution < 1.29 is 9.84 Å². The summed E-state index contributed by atoms with van der Waals surface area (Å²) in [6.07, 6.45) is 1.02. The van der Waals surface area contributed by atoms with Crippen LogP contribution >= 0.6 is 0 Å². The molecular formula is C9H20N2O2. The van der Waals surface area contributed by atoms with Crippen molar-refractivity contribution in [2.24, 2.45) is 0 Å². The van der Waals surface area contributed by atoms with Gasteiger partial charge in [-0.2, -0.15) is 0 Å². The van der Waals surface area contributed by atoms with Gasteiger partial charge in [-0.25, -0.2) is 0 Å². The number of hydrogen-bond acceptors (Lipinski definition) is 4. The lowest BCUT2D eigenvalue weighted by Gasteiger charge is -2.26. The molecule has 4 nitrogen and oxygen atoms in total. The number of aliphatic hydroxyl groups excluding tert-OH is 1. The normalized spacial score (nSPS) is 29.8. The zero-order chi connectivity index (χ0) is 9.73. The van der Waals surface area contributed by atoms with Gasteiger partial charge in [0.05, 0.1) is 18.8 Å². The molecule has 1 unspecified atom stereocenters. The Bertz CT molecular complexity index is 149. The molecule has 1 rings (SSSR count). The van der Waals surface area contributed by atoms with Crippen LogP contribution in [0.25, 0.3) is 0 Å². The molecule has 78 valence electrons. The van der Waals surface area contributed by atoms with Crippen LogP contribution in [0.15, 0.2) is 0 Å². The van der Waals surface area contributed by atoms with E-state index in [9.17, 15) is 5.11 Å². The number of likely N-dealkylation sites (N-methyl/N-ethyl adjacent to an activating group) is 1. The predicted octanol–water partition coefficient (Wildman–Crippen LogP) is -0.711. The predicted molar refractivity (Wildman–Crippen MR) is 51.8 cm³/mol. The average molecular weight is 188 g/mol. The minimum absolute atomic E-state index is 0.0757. The summed E-state index contributed by atoms with van der Waals surface area (Å²) in [6.45, 7) is 3.91. The van der Waals surface area contributed by atoms with E-state index in [1.807, 2.05) is 7.05 Å². The lowest BCUT2D eigenvalue weighted by molar-refractivity contribution is 0.140. The van der Waals surface area contributed by atoms with E-state index in [4.69, 9.17) is 4.74 Å². The maximum atomic E-state index is 9.24. The fraction of sp³-hybridized carbons (Fsp3) is 1.00. The Labute approximate surface area is 79.9 Å². The van der Waals surface area contributed by atoms with Gasteiger partial charge in [0.25, 0.3) is 0 Å². The topological polar surface area (TPSA) is 44.7 Å². The van der Waals surface area contributed by atoms with Crippen LogP contribution in [-0.4, -0.2) is 62.6 Å². The van der Waals surface area contributed by atoms with E-state index in [2.05, 4.69) is 10.2 Å². The molecular weight excluding hydrogens is 168 g/mol. The van der Waals surface area contributed by atoms with Crippen LogP contribution < -0.4 is 5.32 Å². The van der Waals surface area contributed by atoms with Crippen molar-refractivity contribution in [1.82, 2.24) is 10.2 Å². The van der Waals surface area contributed by atoms with Gasteiger partial charge in [-0.15, -0.1) is 0 Å². The minimum Gasteiger partial charge on any atom is -0.394 e. The fourth-order valence-electron chi connectivity index (χ4n) is 1.78. The monoisotopic (exact) mass is 188 g/mol. The summed E-state index contributed by atoms with van der Waals surface area (Å²) in [6, 6.07) is 0. The number of methoxy groups -OCH3 is 1. The SMILES string of the molecule is CNC1(CO)CCN(CCOC)C1. The van der Waals surface area contributed by atoms with Crippen molar-refractivity contribution in [3.05, 3.63) is 0 Å². The number of nitrogens with one attached hydrogen (secondary N) is 1. The van der Waals surface area contributed by atoms with Gasteiger partial charge in [0.15, 0.2) is 0 Å². The molecule has 4 heteroatoms. The highest BCUT2D eigenvalue weighted by molar-refractivity contribution is 4.95. The summed E-state index contributed by atoms with van der Waals surface area (Å²) in [5, 5.41) is 12.4. The van der Waals surface area contributed by atoms with E-state index in [0.29, 0.717) is 0 Å². The number of likely N-dealkylation sites (tertiary alicyclic amines) is 1. The summed E-state index contributed by atoms with van der Waals surface area (Å²) in [5.41, 5.74) is -0.0757. The van der Waals surface area contributed by atoms with Crippen LogP contribution in [-0.2, 0) is 4.74 Å². The van der Waals surface area contributed by atoms with Gasteiger partial charge in [-0.1, -0.05) is 0 Å². The highest BCUT2D eigenvalue weighted by Gasteiger charge is 2.35. The van der Waals surface area contributed by atoms with Crippen molar-refractivity contribution in [2.45, 2.75) is 12.0 Å². The largest absolute Gasteiger partial charge is 0.394 e. The molecule has 1 aliphatic rings. The molecule has 0 aliphatic carbocycles. The molecule has 0 spiro atoms. The Hall–Kier alpha value is -0.160. The van der Waals surface area contributed by atoms with Crippen molar-refractivity contribution in [1.29, 1.82) is 0 Å². The molecule has 0 aromatic rings. The molecule has 0 aromatic carbocycles. The summed E-state index contributed by atoms with van der Waals surface area (Å²) in [7, 11) is 3.63. The van der Waals surface area contributed by atoms with E-state index < -0.39 is 0 Å². The first-order valence-electron chi connectivity index (χ1n) is 4.77. The molecule has 1 fully saturated rings. The third kappa shape index (κ3) is 2.64. The Kier molecular flexibility index (Phi) is 4.12. The maximum absolute atomic E-state index is 9.24. The lowest BCUT2D eigenvalue weighted by atomic mass is 10.0. The Morgan fingerprint density at radius 3 is 2.85 bits per heavy atom. The molecule has 2 N–H and O–H groups in total. The van der Waals surface area contributed by atoms with Crippen LogP contribution in [0.3, 0.4) is 0 Å². The second kappa shape index (κ2) is 4.91. The summed E-state index contributed by atoms with van der Waals surface area (Å²) >= 11 is 0. The number of nitrogens with zero attached hydrogens (tertiary/aromatic N) is 1. The highest BCUT2D eigenvalue weighted by Crippen LogP contribution is 2.19. The van der Waals surface area contributed by atoms with Crippen molar-refractivity contribution in [2.75, 3.05) is 47.0 Å². The molecule has 13 heavy (non-hydrogen) atoms. The summed E-state index contributed by atoms with van der Waals surface area (Å²) in [4.78, 5) is 2.32. The van der Waals surface area contributed by atoms with Crippen LogP contribution in [0, 0.1) is 0 Å². The van der Waals surface area contributed by atoms with Crippen molar-refractivity contribution in [3.8, 4) is 0 Å². The first kappa shape index (κ1) is 10.9. The van der Waals surface area contributed by atoms with Gasteiger partial charge in [0, 0.05) is 26.7 Å². The molecule has 1 atom stereocenters. The van der Waals surface area contributed by atoms with E-state index in [1.165, 1.54) is 0 Å². The van der Waals surface area contributed by atoms with E-state index in [0.717, 1.165) is 32.7 Å². The quantitative estimate of drug-likeness (QED) is 0.598.